The number of hydrogen-bond acceptors (Lipinski definition) is 7. The molecule has 0 aliphatic heterocycles. The Balaban J connectivity index is 2.90. The Morgan fingerprint density at radius 3 is 3.00 bits per heavy atom. The van der Waals surface area contributed by atoms with Gasteiger partial charge < -0.3 is 5.73 Å². The van der Waals surface area contributed by atoms with Crippen molar-refractivity contribution in [3.05, 3.63) is 10.4 Å². The fraction of sp³-hybridized carbons (Fsp3) is 0. The number of aromatic amines is 1. The van der Waals surface area contributed by atoms with Crippen LogP contribution in [0.3, 0.4) is 0 Å². The highest BCUT2D eigenvalue weighted by molar-refractivity contribution is 5.69. The standard InChI is InChI=1S/C4H6N8O/c5-4-7-2-1(3(13)8-4)9-11-12(2)10-6/h10H,6H2,(H3,5,7,8,13). The first-order valence-corrected chi connectivity index (χ1v) is 3.30. The summed E-state index contributed by atoms with van der Waals surface area (Å²) in [6.45, 7) is 0. The minimum Gasteiger partial charge on any atom is -0.369 e. The summed E-state index contributed by atoms with van der Waals surface area (Å²) in [5.74, 6) is 5.06. The molecule has 0 saturated heterocycles. The Morgan fingerprint density at radius 1 is 1.54 bits per heavy atom. The molecule has 9 nitrogen and oxygen atoms in total. The number of hydrogen-bond donors (Lipinski definition) is 4. The average molecular weight is 182 g/mol. The molecular weight excluding hydrogens is 176 g/mol. The Hall–Kier alpha value is -2.16. The summed E-state index contributed by atoms with van der Waals surface area (Å²) in [6.07, 6.45) is 0. The molecule has 0 atom stereocenters. The van der Waals surface area contributed by atoms with Gasteiger partial charge in [0.1, 0.15) is 0 Å². The summed E-state index contributed by atoms with van der Waals surface area (Å²) in [6, 6.07) is 0. The van der Waals surface area contributed by atoms with Gasteiger partial charge in [0, 0.05) is 0 Å². The smallest absolute Gasteiger partial charge is 0.282 e. The van der Waals surface area contributed by atoms with Crippen LogP contribution < -0.4 is 22.7 Å². The van der Waals surface area contributed by atoms with Gasteiger partial charge >= 0.3 is 0 Å². The van der Waals surface area contributed by atoms with E-state index < -0.39 is 5.56 Å². The number of nitrogen functional groups attached to an aromatic ring is 2. The first kappa shape index (κ1) is 7.49. The topological polar surface area (TPSA) is 141 Å². The highest BCUT2D eigenvalue weighted by atomic mass is 16.1. The van der Waals surface area contributed by atoms with Gasteiger partial charge in [-0.1, -0.05) is 0 Å². The van der Waals surface area contributed by atoms with Gasteiger partial charge in [-0.25, -0.2) is 11.4 Å². The van der Waals surface area contributed by atoms with Crippen LogP contribution >= 0.6 is 0 Å². The van der Waals surface area contributed by atoms with E-state index in [1.807, 2.05) is 0 Å². The monoisotopic (exact) mass is 182 g/mol. The van der Waals surface area contributed by atoms with Gasteiger partial charge in [0.25, 0.3) is 5.56 Å². The van der Waals surface area contributed by atoms with E-state index >= 15 is 0 Å². The number of rotatable bonds is 1. The number of aromatic nitrogens is 5. The summed E-state index contributed by atoms with van der Waals surface area (Å²) in [5, 5.41) is 7.05. The molecule has 2 heterocycles. The molecule has 0 fully saturated rings. The Bertz CT molecular complexity index is 496. The predicted molar refractivity (Wildman–Crippen MR) is 43.9 cm³/mol. The highest BCUT2D eigenvalue weighted by Crippen LogP contribution is 2.00. The molecule has 0 saturated carbocycles. The molecule has 0 radical (unpaired) electrons. The molecule has 2 rings (SSSR count). The average Bonchev–Trinajstić information content (AvgIpc) is 2.47. The van der Waals surface area contributed by atoms with E-state index in [1.54, 1.807) is 0 Å². The van der Waals surface area contributed by atoms with Crippen LogP contribution in [0.1, 0.15) is 0 Å². The second-order valence-corrected chi connectivity index (χ2v) is 2.25. The van der Waals surface area contributed by atoms with Crippen molar-refractivity contribution in [2.24, 2.45) is 5.84 Å². The van der Waals surface area contributed by atoms with Crippen LogP contribution in [0.5, 0.6) is 0 Å². The summed E-state index contributed by atoms with van der Waals surface area (Å²) in [4.78, 5) is 18.3. The van der Waals surface area contributed by atoms with E-state index in [2.05, 4.69) is 25.8 Å². The van der Waals surface area contributed by atoms with Crippen LogP contribution in [0.15, 0.2) is 4.79 Å². The van der Waals surface area contributed by atoms with Crippen molar-refractivity contribution in [2.75, 3.05) is 11.3 Å². The van der Waals surface area contributed by atoms with E-state index in [0.29, 0.717) is 0 Å². The first-order valence-electron chi connectivity index (χ1n) is 3.30. The lowest BCUT2D eigenvalue weighted by Gasteiger charge is -1.97. The van der Waals surface area contributed by atoms with Crippen LogP contribution in [0.2, 0.25) is 0 Å². The third-order valence-electron chi connectivity index (χ3n) is 1.45. The van der Waals surface area contributed by atoms with Crippen molar-refractivity contribution >= 4 is 17.1 Å². The van der Waals surface area contributed by atoms with Crippen LogP contribution in [0, 0.1) is 0 Å². The zero-order valence-corrected chi connectivity index (χ0v) is 6.35. The zero-order valence-electron chi connectivity index (χ0n) is 6.35. The second-order valence-electron chi connectivity index (χ2n) is 2.25. The normalized spacial score (nSPS) is 10.5. The van der Waals surface area contributed by atoms with Gasteiger partial charge in [-0.15, -0.1) is 9.89 Å². The first-order chi connectivity index (χ1) is 6.22. The number of nitrogens with one attached hydrogen (secondary N) is 2. The van der Waals surface area contributed by atoms with E-state index in [0.717, 1.165) is 4.79 Å². The molecule has 13 heavy (non-hydrogen) atoms. The maximum absolute atomic E-state index is 11.2. The Kier molecular flexibility index (Phi) is 1.39. The molecule has 6 N–H and O–H groups in total. The maximum atomic E-state index is 11.2. The fourth-order valence-corrected chi connectivity index (χ4v) is 0.929. The van der Waals surface area contributed by atoms with E-state index in [9.17, 15) is 4.79 Å². The quantitative estimate of drug-likeness (QED) is 0.282. The third kappa shape index (κ3) is 0.980. The van der Waals surface area contributed by atoms with E-state index in [-0.39, 0.29) is 17.1 Å². The molecule has 2 aromatic heterocycles. The SMILES string of the molecule is NNn1nnc2c(=O)[nH]c(N)nc21. The summed E-state index contributed by atoms with van der Waals surface area (Å²) in [5.41, 5.74) is 7.29. The number of H-pyrrole nitrogens is 1. The summed E-state index contributed by atoms with van der Waals surface area (Å²) < 4.78 is 0. The lowest BCUT2D eigenvalue weighted by Crippen LogP contribution is -2.23. The van der Waals surface area contributed by atoms with Crippen LogP contribution in [0.25, 0.3) is 11.2 Å². The molecule has 0 spiro atoms. The molecular formula is C4H6N8O. The third-order valence-corrected chi connectivity index (χ3v) is 1.45. The number of nitrogens with zero attached hydrogens (tertiary/aromatic N) is 4. The molecule has 0 aliphatic carbocycles. The Labute approximate surface area is 70.7 Å². The second kappa shape index (κ2) is 2.42. The summed E-state index contributed by atoms with van der Waals surface area (Å²) >= 11 is 0. The summed E-state index contributed by atoms with van der Waals surface area (Å²) in [7, 11) is 0. The Morgan fingerprint density at radius 2 is 2.31 bits per heavy atom. The fourth-order valence-electron chi connectivity index (χ4n) is 0.929. The van der Waals surface area contributed by atoms with Crippen LogP contribution in [-0.2, 0) is 0 Å². The van der Waals surface area contributed by atoms with Crippen molar-refractivity contribution in [2.45, 2.75) is 0 Å². The van der Waals surface area contributed by atoms with Gasteiger partial charge in [0.2, 0.25) is 11.6 Å². The molecule has 68 valence electrons. The predicted octanol–water partition coefficient (Wildman–Crippen LogP) is -2.49. The van der Waals surface area contributed by atoms with Crippen molar-refractivity contribution < 1.29 is 0 Å². The van der Waals surface area contributed by atoms with Gasteiger partial charge in [-0.2, -0.15) is 4.98 Å². The number of anilines is 1. The molecule has 0 bridgehead atoms. The van der Waals surface area contributed by atoms with E-state index in [1.165, 1.54) is 0 Å². The lowest BCUT2D eigenvalue weighted by atomic mass is 10.5. The number of hydrazine groups is 1. The van der Waals surface area contributed by atoms with Crippen molar-refractivity contribution in [1.82, 2.24) is 25.1 Å². The molecule has 2 aromatic rings. The van der Waals surface area contributed by atoms with Crippen molar-refractivity contribution in [3.63, 3.8) is 0 Å². The largest absolute Gasteiger partial charge is 0.369 e. The maximum Gasteiger partial charge on any atom is 0.282 e. The van der Waals surface area contributed by atoms with Crippen LogP contribution in [-0.4, -0.2) is 25.1 Å². The highest BCUT2D eigenvalue weighted by Gasteiger charge is 2.09. The zero-order chi connectivity index (χ0) is 9.42. The minimum atomic E-state index is -0.455. The molecule has 0 amide bonds. The molecule has 0 aromatic carbocycles. The van der Waals surface area contributed by atoms with Gasteiger partial charge in [-0.05, 0) is 5.21 Å². The number of nitrogens with two attached hydrogens (primary N) is 2. The molecule has 9 heteroatoms. The van der Waals surface area contributed by atoms with Gasteiger partial charge in [0.05, 0.1) is 0 Å². The molecule has 0 unspecified atom stereocenters. The molecule has 0 aliphatic rings. The van der Waals surface area contributed by atoms with Crippen LogP contribution in [0.4, 0.5) is 5.95 Å². The van der Waals surface area contributed by atoms with Gasteiger partial charge in [0.15, 0.2) is 5.52 Å². The van der Waals surface area contributed by atoms with Crippen molar-refractivity contribution in [1.29, 1.82) is 0 Å². The minimum absolute atomic E-state index is 0.0173. The van der Waals surface area contributed by atoms with E-state index in [4.69, 9.17) is 11.6 Å². The number of fused-ring (bicyclic) bond motifs is 1. The van der Waals surface area contributed by atoms with Gasteiger partial charge in [-0.3, -0.25) is 9.78 Å². The van der Waals surface area contributed by atoms with Crippen molar-refractivity contribution in [3.8, 4) is 0 Å². The lowest BCUT2D eigenvalue weighted by molar-refractivity contribution is 0.721.